The molecular weight excluding hydrogens is 300 g/mol. The van der Waals surface area contributed by atoms with Gasteiger partial charge in [-0.05, 0) is 43.4 Å². The van der Waals surface area contributed by atoms with Gasteiger partial charge in [0.25, 0.3) is 0 Å². The Hall–Kier alpha value is -1.77. The largest absolute Gasteiger partial charge is 0.295 e. The van der Waals surface area contributed by atoms with E-state index in [0.717, 1.165) is 12.8 Å². The molecule has 0 aliphatic heterocycles. The van der Waals surface area contributed by atoms with E-state index in [4.69, 9.17) is 0 Å². The molecule has 0 N–H and O–H groups in total. The minimum Gasteiger partial charge on any atom is -0.295 e. The molecule has 0 fully saturated rings. The van der Waals surface area contributed by atoms with E-state index in [0.29, 0.717) is 11.8 Å². The van der Waals surface area contributed by atoms with Crippen molar-refractivity contribution < 1.29 is 14.4 Å². The van der Waals surface area contributed by atoms with Crippen LogP contribution in [0.1, 0.15) is 54.4 Å². The van der Waals surface area contributed by atoms with Crippen molar-refractivity contribution in [2.75, 3.05) is 0 Å². The molecule has 24 heavy (non-hydrogen) atoms. The monoisotopic (exact) mass is 330 g/mol. The van der Waals surface area contributed by atoms with Gasteiger partial charge in [0.15, 0.2) is 17.3 Å². The maximum Gasteiger partial charge on any atom is 0.161 e. The SMILES string of the molecule is CC1(C)CC=CC1=O.CC1=CC(=O)CC1C.CC1C=CC(=O)C1C. The third kappa shape index (κ3) is 5.70. The van der Waals surface area contributed by atoms with Crippen molar-refractivity contribution in [3.8, 4) is 0 Å². The molecule has 0 aromatic carbocycles. The van der Waals surface area contributed by atoms with E-state index in [9.17, 15) is 14.4 Å². The second kappa shape index (κ2) is 8.36. The summed E-state index contributed by atoms with van der Waals surface area (Å²) in [7, 11) is 0. The van der Waals surface area contributed by atoms with Crippen LogP contribution in [0, 0.1) is 23.2 Å². The van der Waals surface area contributed by atoms with Gasteiger partial charge < -0.3 is 0 Å². The van der Waals surface area contributed by atoms with Crippen LogP contribution < -0.4 is 0 Å². The topological polar surface area (TPSA) is 51.2 Å². The van der Waals surface area contributed by atoms with Crippen LogP contribution in [0.2, 0.25) is 0 Å². The summed E-state index contributed by atoms with van der Waals surface area (Å²) in [5.74, 6) is 2.02. The predicted molar refractivity (Wildman–Crippen MR) is 97.6 cm³/mol. The van der Waals surface area contributed by atoms with Gasteiger partial charge in [-0.2, -0.15) is 0 Å². The molecule has 3 nitrogen and oxygen atoms in total. The second-order valence-corrected chi connectivity index (χ2v) is 7.72. The molecule has 0 saturated carbocycles. The lowest BCUT2D eigenvalue weighted by atomic mass is 9.90. The van der Waals surface area contributed by atoms with Gasteiger partial charge in [-0.25, -0.2) is 0 Å². The highest BCUT2D eigenvalue weighted by atomic mass is 16.1. The lowest BCUT2D eigenvalue weighted by Crippen LogP contribution is -2.16. The van der Waals surface area contributed by atoms with E-state index in [2.05, 4.69) is 13.8 Å². The molecule has 3 atom stereocenters. The summed E-state index contributed by atoms with van der Waals surface area (Å²) in [4.78, 5) is 32.1. The zero-order valence-electron chi connectivity index (χ0n) is 15.8. The number of hydrogen-bond acceptors (Lipinski definition) is 3. The lowest BCUT2D eigenvalue weighted by Gasteiger charge is -2.12. The minimum absolute atomic E-state index is 0.0972. The molecule has 3 unspecified atom stereocenters. The molecule has 3 rings (SSSR count). The zero-order valence-corrected chi connectivity index (χ0v) is 15.8. The van der Waals surface area contributed by atoms with Gasteiger partial charge >= 0.3 is 0 Å². The first-order valence-corrected chi connectivity index (χ1v) is 8.68. The molecule has 0 aromatic rings. The Morgan fingerprint density at radius 3 is 1.79 bits per heavy atom. The quantitative estimate of drug-likeness (QED) is 0.658. The van der Waals surface area contributed by atoms with Gasteiger partial charge in [0, 0.05) is 17.8 Å². The highest BCUT2D eigenvalue weighted by molar-refractivity contribution is 5.96. The van der Waals surface area contributed by atoms with Crippen LogP contribution in [0.25, 0.3) is 0 Å². The van der Waals surface area contributed by atoms with Crippen LogP contribution in [-0.2, 0) is 14.4 Å². The number of ketones is 3. The average molecular weight is 330 g/mol. The summed E-state index contributed by atoms with van der Waals surface area (Å²) in [6.07, 6.45) is 10.6. The molecule has 0 aromatic heterocycles. The summed E-state index contributed by atoms with van der Waals surface area (Å²) < 4.78 is 0. The van der Waals surface area contributed by atoms with E-state index >= 15 is 0 Å². The molecule has 132 valence electrons. The fourth-order valence-corrected chi connectivity index (χ4v) is 2.53. The number of allylic oxidation sites excluding steroid dienone is 6. The molecule has 0 bridgehead atoms. The normalized spacial score (nSPS) is 29.8. The Morgan fingerprint density at radius 2 is 1.67 bits per heavy atom. The van der Waals surface area contributed by atoms with Crippen molar-refractivity contribution >= 4 is 17.3 Å². The van der Waals surface area contributed by atoms with Gasteiger partial charge in [-0.3, -0.25) is 14.4 Å². The Labute approximate surface area is 145 Å². The maximum absolute atomic E-state index is 10.8. The molecule has 3 aliphatic carbocycles. The van der Waals surface area contributed by atoms with E-state index in [-0.39, 0.29) is 28.7 Å². The van der Waals surface area contributed by atoms with E-state index in [1.165, 1.54) is 5.57 Å². The van der Waals surface area contributed by atoms with Crippen molar-refractivity contribution in [1.82, 2.24) is 0 Å². The molecule has 0 saturated heterocycles. The zero-order chi connectivity index (χ0) is 18.5. The van der Waals surface area contributed by atoms with Gasteiger partial charge in [0.05, 0.1) is 0 Å². The number of carbonyl (C=O) groups excluding carboxylic acids is 3. The van der Waals surface area contributed by atoms with Crippen molar-refractivity contribution in [3.63, 3.8) is 0 Å². The van der Waals surface area contributed by atoms with Crippen LogP contribution in [0.15, 0.2) is 36.0 Å². The number of rotatable bonds is 0. The van der Waals surface area contributed by atoms with Gasteiger partial charge in [0.1, 0.15) is 0 Å². The van der Waals surface area contributed by atoms with E-state index in [1.54, 1.807) is 18.2 Å². The van der Waals surface area contributed by atoms with Crippen molar-refractivity contribution in [2.24, 2.45) is 23.2 Å². The van der Waals surface area contributed by atoms with Gasteiger partial charge in [0.2, 0.25) is 0 Å². The molecule has 0 spiro atoms. The maximum atomic E-state index is 10.8. The summed E-state index contributed by atoms with van der Waals surface area (Å²) in [5.41, 5.74) is 1.13. The molecule has 0 amide bonds. The summed E-state index contributed by atoms with van der Waals surface area (Å²) in [5, 5.41) is 0. The number of carbonyl (C=O) groups is 3. The fraction of sp³-hybridized carbons (Fsp3) is 0.571. The van der Waals surface area contributed by atoms with Crippen LogP contribution in [0.4, 0.5) is 0 Å². The summed E-state index contributed by atoms with van der Waals surface area (Å²) in [6.45, 7) is 12.1. The van der Waals surface area contributed by atoms with Gasteiger partial charge in [-0.15, -0.1) is 0 Å². The highest BCUT2D eigenvalue weighted by Gasteiger charge is 2.27. The Kier molecular flexibility index (Phi) is 7.07. The van der Waals surface area contributed by atoms with Crippen LogP contribution in [0.3, 0.4) is 0 Å². The standard InChI is InChI=1S/3C7H10O/c1-5-3-7(8)4-6(5)2;1-7(2)5-3-4-6(7)8;1-5-3-4-7(8)6(5)2/h3,6H,4H2,1-2H3;3-4H,5H2,1-2H3;3-6H,1-2H3. The third-order valence-electron chi connectivity index (χ3n) is 5.04. The fourth-order valence-electron chi connectivity index (χ4n) is 2.53. The average Bonchev–Trinajstić information content (AvgIpc) is 3.06. The first-order chi connectivity index (χ1) is 11.0. The van der Waals surface area contributed by atoms with Crippen LogP contribution in [0.5, 0.6) is 0 Å². The minimum atomic E-state index is -0.0972. The predicted octanol–water partition coefficient (Wildman–Crippen LogP) is 4.48. The summed E-state index contributed by atoms with van der Waals surface area (Å²) >= 11 is 0. The van der Waals surface area contributed by atoms with Crippen molar-refractivity contribution in [2.45, 2.75) is 54.4 Å². The van der Waals surface area contributed by atoms with E-state index in [1.807, 2.05) is 39.8 Å². The van der Waals surface area contributed by atoms with Crippen molar-refractivity contribution in [1.29, 1.82) is 0 Å². The third-order valence-corrected chi connectivity index (χ3v) is 5.04. The number of hydrogen-bond donors (Lipinski definition) is 0. The first-order valence-electron chi connectivity index (χ1n) is 8.68. The first kappa shape index (κ1) is 20.3. The van der Waals surface area contributed by atoms with E-state index < -0.39 is 0 Å². The molecule has 3 aliphatic rings. The molecular formula is C21H30O3. The lowest BCUT2D eigenvalue weighted by molar-refractivity contribution is -0.121. The molecule has 0 heterocycles. The Bertz CT molecular complexity index is 590. The van der Waals surface area contributed by atoms with Crippen molar-refractivity contribution in [3.05, 3.63) is 36.0 Å². The highest BCUT2D eigenvalue weighted by Crippen LogP contribution is 2.27. The molecule has 3 heteroatoms. The van der Waals surface area contributed by atoms with Crippen LogP contribution in [-0.4, -0.2) is 17.3 Å². The van der Waals surface area contributed by atoms with Gasteiger partial charge in [-0.1, -0.05) is 52.3 Å². The Balaban J connectivity index is 0.000000180. The summed E-state index contributed by atoms with van der Waals surface area (Å²) in [6, 6.07) is 0. The van der Waals surface area contributed by atoms with Crippen LogP contribution >= 0.6 is 0 Å². The second-order valence-electron chi connectivity index (χ2n) is 7.72. The molecule has 0 radical (unpaired) electrons. The smallest absolute Gasteiger partial charge is 0.161 e. The Morgan fingerprint density at radius 1 is 1.04 bits per heavy atom.